The highest BCUT2D eigenvalue weighted by Gasteiger charge is 2.12. The van der Waals surface area contributed by atoms with Crippen LogP contribution in [0.5, 0.6) is 11.5 Å². The van der Waals surface area contributed by atoms with Crippen LogP contribution in [0.1, 0.15) is 11.1 Å². The minimum absolute atomic E-state index is 0.364. The van der Waals surface area contributed by atoms with Gasteiger partial charge in [-0.3, -0.25) is 9.59 Å². The molecule has 0 spiro atoms. The Bertz CT molecular complexity index is 746. The molecular formula is C20H24N2O4. The average molecular weight is 356 g/mol. The van der Waals surface area contributed by atoms with Crippen LogP contribution in [-0.4, -0.2) is 39.1 Å². The second-order valence-corrected chi connectivity index (χ2v) is 5.68. The zero-order valence-corrected chi connectivity index (χ0v) is 15.1. The largest absolute Gasteiger partial charge is 0.497 e. The van der Waals surface area contributed by atoms with Crippen LogP contribution < -0.4 is 20.1 Å². The average Bonchev–Trinajstić information content (AvgIpc) is 2.68. The van der Waals surface area contributed by atoms with E-state index in [4.69, 9.17) is 9.47 Å². The van der Waals surface area contributed by atoms with E-state index in [1.807, 2.05) is 48.5 Å². The van der Waals surface area contributed by atoms with Crippen LogP contribution in [0, 0.1) is 0 Å². The maximum Gasteiger partial charge on any atom is 0.309 e. The van der Waals surface area contributed by atoms with Crippen molar-refractivity contribution >= 4 is 11.8 Å². The number of carbonyl (C=O) groups is 2. The van der Waals surface area contributed by atoms with Crippen LogP contribution in [0.2, 0.25) is 0 Å². The number of hydrogen-bond acceptors (Lipinski definition) is 4. The van der Waals surface area contributed by atoms with Crippen molar-refractivity contribution in [3.63, 3.8) is 0 Å². The summed E-state index contributed by atoms with van der Waals surface area (Å²) in [7, 11) is 3.21. The van der Waals surface area contributed by atoms with E-state index in [0.29, 0.717) is 25.9 Å². The Labute approximate surface area is 153 Å². The molecular weight excluding hydrogens is 332 g/mol. The van der Waals surface area contributed by atoms with Gasteiger partial charge in [-0.15, -0.1) is 0 Å². The monoisotopic (exact) mass is 356 g/mol. The Morgan fingerprint density at radius 3 is 2.23 bits per heavy atom. The summed E-state index contributed by atoms with van der Waals surface area (Å²) in [6.07, 6.45) is 1.21. The smallest absolute Gasteiger partial charge is 0.309 e. The lowest BCUT2D eigenvalue weighted by atomic mass is 10.1. The molecule has 0 bridgehead atoms. The van der Waals surface area contributed by atoms with Gasteiger partial charge in [-0.25, -0.2) is 0 Å². The molecule has 2 N–H and O–H groups in total. The van der Waals surface area contributed by atoms with Crippen LogP contribution in [0.25, 0.3) is 0 Å². The molecule has 26 heavy (non-hydrogen) atoms. The summed E-state index contributed by atoms with van der Waals surface area (Å²) in [6.45, 7) is 0.744. The van der Waals surface area contributed by atoms with Gasteiger partial charge in [-0.2, -0.15) is 0 Å². The Hall–Kier alpha value is -3.02. The molecule has 0 radical (unpaired) electrons. The minimum Gasteiger partial charge on any atom is -0.497 e. The Morgan fingerprint density at radius 2 is 1.54 bits per heavy atom. The van der Waals surface area contributed by atoms with Gasteiger partial charge in [0.2, 0.25) is 0 Å². The number of benzene rings is 2. The standard InChI is InChI=1S/C20H24N2O4/c1-25-17-8-5-6-15(14-17)10-12-21-19(23)20(24)22-13-11-16-7-3-4-9-18(16)26-2/h3-9,14H,10-13H2,1-2H3,(H,21,23)(H,22,24). The van der Waals surface area contributed by atoms with E-state index < -0.39 is 11.8 Å². The van der Waals surface area contributed by atoms with Gasteiger partial charge in [0, 0.05) is 13.1 Å². The molecule has 2 amide bonds. The first-order valence-electron chi connectivity index (χ1n) is 8.45. The molecule has 0 heterocycles. The van der Waals surface area contributed by atoms with Crippen molar-refractivity contribution in [2.75, 3.05) is 27.3 Å². The highest BCUT2D eigenvalue weighted by atomic mass is 16.5. The lowest BCUT2D eigenvalue weighted by molar-refractivity contribution is -0.139. The maximum absolute atomic E-state index is 11.9. The third-order valence-electron chi connectivity index (χ3n) is 3.91. The normalized spacial score (nSPS) is 10.1. The van der Waals surface area contributed by atoms with E-state index >= 15 is 0 Å². The number of amides is 2. The summed E-state index contributed by atoms with van der Waals surface area (Å²) >= 11 is 0. The summed E-state index contributed by atoms with van der Waals surface area (Å²) in [5, 5.41) is 5.25. The zero-order chi connectivity index (χ0) is 18.8. The van der Waals surface area contributed by atoms with Crippen molar-refractivity contribution in [2.24, 2.45) is 0 Å². The molecule has 0 aliphatic carbocycles. The van der Waals surface area contributed by atoms with Crippen molar-refractivity contribution in [3.8, 4) is 11.5 Å². The summed E-state index contributed by atoms with van der Waals surface area (Å²) in [5.41, 5.74) is 2.01. The number of carbonyl (C=O) groups excluding carboxylic acids is 2. The number of methoxy groups -OCH3 is 2. The van der Waals surface area contributed by atoms with E-state index in [2.05, 4.69) is 10.6 Å². The molecule has 0 aromatic heterocycles. The summed E-state index contributed by atoms with van der Waals surface area (Å²) in [5.74, 6) is 0.269. The van der Waals surface area contributed by atoms with Crippen LogP contribution in [-0.2, 0) is 22.4 Å². The van der Waals surface area contributed by atoms with Gasteiger partial charge in [0.25, 0.3) is 0 Å². The number of hydrogen-bond donors (Lipinski definition) is 2. The van der Waals surface area contributed by atoms with Crippen molar-refractivity contribution < 1.29 is 19.1 Å². The number of nitrogens with one attached hydrogen (secondary N) is 2. The Morgan fingerprint density at radius 1 is 0.846 bits per heavy atom. The van der Waals surface area contributed by atoms with Gasteiger partial charge in [0.05, 0.1) is 14.2 Å². The molecule has 6 nitrogen and oxygen atoms in total. The van der Waals surface area contributed by atoms with Crippen molar-refractivity contribution in [1.82, 2.24) is 10.6 Å². The summed E-state index contributed by atoms with van der Waals surface area (Å²) in [6, 6.07) is 15.2. The second kappa shape index (κ2) is 10.1. The first-order chi connectivity index (χ1) is 12.6. The molecule has 138 valence electrons. The highest BCUT2D eigenvalue weighted by molar-refractivity contribution is 6.35. The fraction of sp³-hybridized carbons (Fsp3) is 0.300. The van der Waals surface area contributed by atoms with Crippen LogP contribution in [0.3, 0.4) is 0 Å². The van der Waals surface area contributed by atoms with Crippen molar-refractivity contribution in [2.45, 2.75) is 12.8 Å². The molecule has 2 aromatic carbocycles. The molecule has 0 saturated heterocycles. The lowest BCUT2D eigenvalue weighted by Gasteiger charge is -2.09. The van der Waals surface area contributed by atoms with Gasteiger partial charge < -0.3 is 20.1 Å². The molecule has 0 unspecified atom stereocenters. The molecule has 0 aliphatic heterocycles. The molecule has 0 fully saturated rings. The van der Waals surface area contributed by atoms with Crippen LogP contribution >= 0.6 is 0 Å². The first-order valence-corrected chi connectivity index (χ1v) is 8.45. The zero-order valence-electron chi connectivity index (χ0n) is 15.1. The van der Waals surface area contributed by atoms with Crippen LogP contribution in [0.15, 0.2) is 48.5 Å². The SMILES string of the molecule is COc1cccc(CCNC(=O)C(=O)NCCc2ccccc2OC)c1. The van der Waals surface area contributed by atoms with E-state index in [1.54, 1.807) is 14.2 Å². The van der Waals surface area contributed by atoms with E-state index in [0.717, 1.165) is 22.6 Å². The predicted octanol–water partition coefficient (Wildman–Crippen LogP) is 1.72. The van der Waals surface area contributed by atoms with Gasteiger partial charge in [-0.05, 0) is 42.2 Å². The third-order valence-corrected chi connectivity index (χ3v) is 3.91. The number of rotatable bonds is 8. The van der Waals surface area contributed by atoms with Crippen molar-refractivity contribution in [3.05, 3.63) is 59.7 Å². The second-order valence-electron chi connectivity index (χ2n) is 5.68. The quantitative estimate of drug-likeness (QED) is 0.706. The Balaban J connectivity index is 1.71. The minimum atomic E-state index is -0.634. The molecule has 0 atom stereocenters. The fourth-order valence-electron chi connectivity index (χ4n) is 2.53. The predicted molar refractivity (Wildman–Crippen MR) is 99.4 cm³/mol. The summed E-state index contributed by atoms with van der Waals surface area (Å²) in [4.78, 5) is 23.7. The molecule has 2 aromatic rings. The first kappa shape index (κ1) is 19.3. The lowest BCUT2D eigenvalue weighted by Crippen LogP contribution is -2.41. The van der Waals surface area contributed by atoms with E-state index in [1.165, 1.54) is 0 Å². The van der Waals surface area contributed by atoms with E-state index in [9.17, 15) is 9.59 Å². The highest BCUT2D eigenvalue weighted by Crippen LogP contribution is 2.17. The van der Waals surface area contributed by atoms with Gasteiger partial charge >= 0.3 is 11.8 Å². The summed E-state index contributed by atoms with van der Waals surface area (Å²) < 4.78 is 10.4. The van der Waals surface area contributed by atoms with Crippen LogP contribution in [0.4, 0.5) is 0 Å². The van der Waals surface area contributed by atoms with E-state index in [-0.39, 0.29) is 0 Å². The molecule has 6 heteroatoms. The fourth-order valence-corrected chi connectivity index (χ4v) is 2.53. The third kappa shape index (κ3) is 5.81. The molecule has 0 saturated carbocycles. The number of para-hydroxylation sites is 1. The Kier molecular flexibility index (Phi) is 7.49. The topological polar surface area (TPSA) is 76.7 Å². The van der Waals surface area contributed by atoms with Gasteiger partial charge in [0.1, 0.15) is 11.5 Å². The van der Waals surface area contributed by atoms with Crippen molar-refractivity contribution in [1.29, 1.82) is 0 Å². The van der Waals surface area contributed by atoms with Gasteiger partial charge in [0.15, 0.2) is 0 Å². The maximum atomic E-state index is 11.9. The number of ether oxygens (including phenoxy) is 2. The van der Waals surface area contributed by atoms with Gasteiger partial charge in [-0.1, -0.05) is 30.3 Å². The molecule has 0 aliphatic rings. The molecule has 2 rings (SSSR count).